The van der Waals surface area contributed by atoms with Crippen LogP contribution in [0.2, 0.25) is 0 Å². The summed E-state index contributed by atoms with van der Waals surface area (Å²) in [7, 11) is 0. The number of hydrogen-bond acceptors (Lipinski definition) is 3. The van der Waals surface area contributed by atoms with Crippen molar-refractivity contribution in [3.63, 3.8) is 0 Å². The van der Waals surface area contributed by atoms with E-state index in [4.69, 9.17) is 9.47 Å². The molecule has 0 amide bonds. The monoisotopic (exact) mass is 330 g/mol. The van der Waals surface area contributed by atoms with Gasteiger partial charge in [0, 0.05) is 25.6 Å². The van der Waals surface area contributed by atoms with Crippen LogP contribution < -0.4 is 0 Å². The van der Waals surface area contributed by atoms with Gasteiger partial charge in [0.05, 0.1) is 12.4 Å². The van der Waals surface area contributed by atoms with Gasteiger partial charge in [-0.1, -0.05) is 48.5 Å². The molecule has 0 aliphatic heterocycles. The van der Waals surface area contributed by atoms with Crippen LogP contribution in [-0.4, -0.2) is 28.9 Å². The Morgan fingerprint density at radius 3 is 1.83 bits per heavy atom. The summed E-state index contributed by atoms with van der Waals surface area (Å²) in [5, 5.41) is 0. The van der Waals surface area contributed by atoms with Gasteiger partial charge in [-0.05, 0) is 32.6 Å². The first kappa shape index (κ1) is 27.0. The summed E-state index contributed by atoms with van der Waals surface area (Å²) in [5.74, 6) is 1.56. The predicted octanol–water partition coefficient (Wildman–Crippen LogP) is 5.63. The van der Waals surface area contributed by atoms with Crippen LogP contribution in [0.5, 0.6) is 0 Å². The lowest BCUT2D eigenvalue weighted by Gasteiger charge is -2.06. The molecule has 140 valence electrons. The van der Waals surface area contributed by atoms with E-state index in [1.165, 1.54) is 6.42 Å². The van der Waals surface area contributed by atoms with Gasteiger partial charge in [-0.2, -0.15) is 0 Å². The van der Waals surface area contributed by atoms with Crippen LogP contribution in [-0.2, 0) is 16.2 Å². The molecule has 0 aliphatic carbocycles. The molecule has 0 aromatic carbocycles. The Balaban J connectivity index is -0.000000273. The van der Waals surface area contributed by atoms with Gasteiger partial charge in [-0.15, -0.1) is 0 Å². The third-order valence-electron chi connectivity index (χ3n) is 2.59. The van der Waals surface area contributed by atoms with Crippen molar-refractivity contribution in [2.45, 2.75) is 82.1 Å². The van der Waals surface area contributed by atoms with Crippen molar-refractivity contribution < 1.29 is 9.47 Å². The zero-order valence-electron chi connectivity index (χ0n) is 16.0. The van der Waals surface area contributed by atoms with Gasteiger partial charge in [-0.3, -0.25) is 0 Å². The summed E-state index contributed by atoms with van der Waals surface area (Å²) in [6, 6.07) is 0. The third kappa shape index (κ3) is 26.4. The van der Waals surface area contributed by atoms with Gasteiger partial charge >= 0.3 is 0 Å². The van der Waals surface area contributed by atoms with E-state index in [1.807, 2.05) is 31.5 Å². The van der Waals surface area contributed by atoms with Crippen molar-refractivity contribution in [2.75, 3.05) is 13.2 Å². The normalized spacial score (nSPS) is 9.87. The zero-order valence-corrected chi connectivity index (χ0v) is 16.0. The van der Waals surface area contributed by atoms with Crippen LogP contribution in [0.15, 0.2) is 18.7 Å². The van der Waals surface area contributed by atoms with Gasteiger partial charge in [0.2, 0.25) is 0 Å². The number of imidazole rings is 1. The molecule has 0 bridgehead atoms. The fourth-order valence-corrected chi connectivity index (χ4v) is 0.952. The Kier molecular flexibility index (Phi) is 22.5. The van der Waals surface area contributed by atoms with Gasteiger partial charge < -0.3 is 14.0 Å². The standard InChI is InChI=1S/C7H12N2O.C6H14O.C5H12.CH4/c1-7(2)10-6-9-4-3-8-5-9;1-4-7-5-6(2)3;1-4-5(2)3;/h3-5,7H,6H2,1-2H3;6H,4-5H2,1-3H3;5H,4H2,1-3H3;1H4. The van der Waals surface area contributed by atoms with Crippen LogP contribution in [0.25, 0.3) is 0 Å². The Hall–Kier alpha value is -0.870. The smallest absolute Gasteiger partial charge is 0.124 e. The second-order valence-electron chi connectivity index (χ2n) is 6.28. The van der Waals surface area contributed by atoms with E-state index >= 15 is 0 Å². The summed E-state index contributed by atoms with van der Waals surface area (Å²) >= 11 is 0. The average Bonchev–Trinajstić information content (AvgIpc) is 2.97. The van der Waals surface area contributed by atoms with E-state index < -0.39 is 0 Å². The van der Waals surface area contributed by atoms with Gasteiger partial charge in [-0.25, -0.2) is 4.98 Å². The maximum atomic E-state index is 5.31. The van der Waals surface area contributed by atoms with Crippen molar-refractivity contribution in [3.8, 4) is 0 Å². The molecule has 1 aromatic heterocycles. The summed E-state index contributed by atoms with van der Waals surface area (Å²) in [6.45, 7) is 19.3. The summed E-state index contributed by atoms with van der Waals surface area (Å²) in [4.78, 5) is 3.88. The highest BCUT2D eigenvalue weighted by molar-refractivity contribution is 4.72. The van der Waals surface area contributed by atoms with Gasteiger partial charge in [0.1, 0.15) is 6.73 Å². The van der Waals surface area contributed by atoms with Crippen LogP contribution in [0.4, 0.5) is 0 Å². The Bertz CT molecular complexity index is 296. The molecule has 1 aromatic rings. The largest absolute Gasteiger partial charge is 0.381 e. The fourth-order valence-electron chi connectivity index (χ4n) is 0.952. The molecule has 0 saturated carbocycles. The highest BCUT2D eigenvalue weighted by atomic mass is 16.5. The molecule has 0 spiro atoms. The average molecular weight is 331 g/mol. The molecule has 1 heterocycles. The lowest BCUT2D eigenvalue weighted by molar-refractivity contribution is 0.0286. The highest BCUT2D eigenvalue weighted by Gasteiger charge is 1.92. The Labute approximate surface area is 145 Å². The molecule has 0 unspecified atom stereocenters. The minimum absolute atomic E-state index is 0. The molecule has 23 heavy (non-hydrogen) atoms. The number of ether oxygens (including phenoxy) is 2. The summed E-state index contributed by atoms with van der Waals surface area (Å²) < 4.78 is 12.3. The van der Waals surface area contributed by atoms with E-state index in [0.717, 1.165) is 19.1 Å². The molecule has 4 heteroatoms. The van der Waals surface area contributed by atoms with E-state index in [2.05, 4.69) is 39.6 Å². The fraction of sp³-hybridized carbons (Fsp3) is 0.842. The van der Waals surface area contributed by atoms with Gasteiger partial charge in [0.15, 0.2) is 0 Å². The molecule has 4 nitrogen and oxygen atoms in total. The minimum Gasteiger partial charge on any atom is -0.381 e. The number of rotatable bonds is 7. The minimum atomic E-state index is 0. The van der Waals surface area contributed by atoms with Crippen molar-refractivity contribution in [2.24, 2.45) is 11.8 Å². The lowest BCUT2D eigenvalue weighted by Crippen LogP contribution is -2.06. The number of hydrogen-bond donors (Lipinski definition) is 0. The van der Waals surface area contributed by atoms with Gasteiger partial charge in [0.25, 0.3) is 0 Å². The third-order valence-corrected chi connectivity index (χ3v) is 2.59. The van der Waals surface area contributed by atoms with Crippen LogP contribution >= 0.6 is 0 Å². The van der Waals surface area contributed by atoms with Crippen molar-refractivity contribution in [3.05, 3.63) is 18.7 Å². The lowest BCUT2D eigenvalue weighted by atomic mass is 10.2. The SMILES string of the molecule is C.CC(C)OCn1ccnc1.CCC(C)C.CCOCC(C)C. The molecule has 0 atom stereocenters. The topological polar surface area (TPSA) is 36.3 Å². The zero-order chi connectivity index (χ0) is 17.4. The molecule has 0 saturated heterocycles. The summed E-state index contributed by atoms with van der Waals surface area (Å²) in [5.41, 5.74) is 0. The van der Waals surface area contributed by atoms with E-state index in [-0.39, 0.29) is 13.5 Å². The Morgan fingerprint density at radius 1 is 1.00 bits per heavy atom. The van der Waals surface area contributed by atoms with Crippen LogP contribution in [0, 0.1) is 11.8 Å². The van der Waals surface area contributed by atoms with E-state index in [9.17, 15) is 0 Å². The maximum Gasteiger partial charge on any atom is 0.124 e. The van der Waals surface area contributed by atoms with Crippen LogP contribution in [0.3, 0.4) is 0 Å². The van der Waals surface area contributed by atoms with Crippen molar-refractivity contribution >= 4 is 0 Å². The number of nitrogens with zero attached hydrogens (tertiary/aromatic N) is 2. The van der Waals surface area contributed by atoms with E-state index in [0.29, 0.717) is 12.6 Å². The van der Waals surface area contributed by atoms with E-state index in [1.54, 1.807) is 12.5 Å². The molecule has 1 rings (SSSR count). The van der Waals surface area contributed by atoms with Crippen LogP contribution in [0.1, 0.15) is 69.2 Å². The quantitative estimate of drug-likeness (QED) is 0.649. The predicted molar refractivity (Wildman–Crippen MR) is 102 cm³/mol. The first-order chi connectivity index (χ1) is 10.3. The molecular weight excluding hydrogens is 288 g/mol. The second kappa shape index (κ2) is 19.2. The molecule has 0 N–H and O–H groups in total. The summed E-state index contributed by atoms with van der Waals surface area (Å²) in [6.07, 6.45) is 6.94. The van der Waals surface area contributed by atoms with Crippen molar-refractivity contribution in [1.29, 1.82) is 0 Å². The maximum absolute atomic E-state index is 5.31. The highest BCUT2D eigenvalue weighted by Crippen LogP contribution is 1.94. The molecular formula is C19H42N2O2. The first-order valence-electron chi connectivity index (χ1n) is 8.48. The Morgan fingerprint density at radius 2 is 1.57 bits per heavy atom. The molecule has 0 fully saturated rings. The second-order valence-corrected chi connectivity index (χ2v) is 6.28. The molecule has 0 aliphatic rings. The number of aromatic nitrogens is 2. The molecule has 0 radical (unpaired) electrons. The van der Waals surface area contributed by atoms with Crippen molar-refractivity contribution in [1.82, 2.24) is 9.55 Å². The first-order valence-corrected chi connectivity index (χ1v) is 8.48.